The third-order valence-corrected chi connectivity index (χ3v) is 8.78. The van der Waals surface area contributed by atoms with Crippen LogP contribution in [-0.2, 0) is 14.8 Å². The number of halogens is 3. The maximum Gasteiger partial charge on any atom is 0.329 e. The summed E-state index contributed by atoms with van der Waals surface area (Å²) in [5.41, 5.74) is 0.295. The van der Waals surface area contributed by atoms with Crippen LogP contribution in [0, 0.1) is 3.57 Å². The maximum atomic E-state index is 13.3. The minimum Gasteiger partial charge on any atom is -0.480 e. The number of hydrogen-bond donors (Lipinski definition) is 5. The van der Waals surface area contributed by atoms with E-state index in [1.54, 1.807) is 22.6 Å². The van der Waals surface area contributed by atoms with E-state index in [1.807, 2.05) is 22.6 Å². The molecule has 194 valence electrons. The van der Waals surface area contributed by atoms with Gasteiger partial charge in [0.15, 0.2) is 6.04 Å². The summed E-state index contributed by atoms with van der Waals surface area (Å²) in [6.07, 6.45) is 4.52. The largest absolute Gasteiger partial charge is 0.480 e. The van der Waals surface area contributed by atoms with Gasteiger partial charge in [-0.1, -0.05) is 29.3 Å². The average Bonchev–Trinajstić information content (AvgIpc) is 3.32. The summed E-state index contributed by atoms with van der Waals surface area (Å²) in [6.45, 7) is 0. The molecule has 0 aliphatic carbocycles. The molecule has 15 heteroatoms. The molecule has 2 atom stereocenters. The molecule has 0 radical (unpaired) electrons. The Labute approximate surface area is 239 Å². The molecule has 2 aromatic rings. The van der Waals surface area contributed by atoms with Gasteiger partial charge in [-0.2, -0.15) is 0 Å². The highest BCUT2D eigenvalue weighted by Crippen LogP contribution is 2.34. The van der Waals surface area contributed by atoms with Crippen molar-refractivity contribution in [1.29, 1.82) is 0 Å². The minimum absolute atomic E-state index is 0.0313. The lowest BCUT2D eigenvalue weighted by atomic mass is 10.0. The van der Waals surface area contributed by atoms with Crippen molar-refractivity contribution in [3.8, 4) is 0 Å². The Morgan fingerprint density at radius 3 is 2.59 bits per heavy atom. The Morgan fingerprint density at radius 2 is 1.89 bits per heavy atom. The second kappa shape index (κ2) is 11.1. The molecule has 0 fully saturated rings. The van der Waals surface area contributed by atoms with Gasteiger partial charge in [0.05, 0.1) is 39.1 Å². The highest BCUT2D eigenvalue weighted by atomic mass is 127. The molecule has 2 aliphatic rings. The summed E-state index contributed by atoms with van der Waals surface area (Å²) in [4.78, 5) is 25.1. The summed E-state index contributed by atoms with van der Waals surface area (Å²) in [6, 6.07) is 6.63. The fraction of sp³-hybridized carbons (Fsp3) is 0.0909. The number of carbonyl (C=O) groups excluding carboxylic acids is 1. The Hall–Kier alpha value is -2.43. The average molecular weight is 695 g/mol. The summed E-state index contributed by atoms with van der Waals surface area (Å²) in [7, 11) is -4.16. The van der Waals surface area contributed by atoms with Crippen LogP contribution in [0.3, 0.4) is 0 Å². The summed E-state index contributed by atoms with van der Waals surface area (Å²) >= 11 is 15.0. The first-order valence-corrected chi connectivity index (χ1v) is 14.4. The van der Waals surface area contributed by atoms with Gasteiger partial charge in [-0.25, -0.2) is 13.2 Å². The summed E-state index contributed by atoms with van der Waals surface area (Å²) in [5.74, 6) is -2.44. The zero-order valence-corrected chi connectivity index (χ0v) is 23.7. The number of aliphatic carboxylic acids is 1. The number of rotatable bonds is 8. The van der Waals surface area contributed by atoms with Gasteiger partial charge >= 0.3 is 5.97 Å². The molecule has 37 heavy (non-hydrogen) atoms. The lowest BCUT2D eigenvalue weighted by molar-refractivity contribution is -0.142. The lowest BCUT2D eigenvalue weighted by Crippen LogP contribution is -2.45. The van der Waals surface area contributed by atoms with E-state index in [-0.39, 0.29) is 31.8 Å². The standard InChI is InChI=1S/C22H17Cl2IN4O6S2/c23-14-6-3-11(8-15(14)24)20(30)19(22(32)33)27-21(31)13-5-4-12(25)9-16(13)28-37(34,35)18-2-1-7-29-17(18)10-26-36-29/h1-10,19-20,26,28,30H,(H,27,31)(H,32,33). The van der Waals surface area contributed by atoms with Gasteiger partial charge in [0.2, 0.25) is 0 Å². The number of anilines is 1. The number of carboxylic acid groups (broad SMARTS) is 1. The van der Waals surface area contributed by atoms with Crippen molar-refractivity contribution in [1.82, 2.24) is 14.3 Å². The first-order valence-electron chi connectivity index (χ1n) is 10.3. The molecule has 4 rings (SSSR count). The van der Waals surface area contributed by atoms with Crippen LogP contribution in [-0.4, -0.2) is 40.9 Å². The van der Waals surface area contributed by atoms with Crippen molar-refractivity contribution in [2.24, 2.45) is 0 Å². The molecule has 0 bridgehead atoms. The van der Waals surface area contributed by atoms with Crippen LogP contribution in [0.1, 0.15) is 22.0 Å². The summed E-state index contributed by atoms with van der Waals surface area (Å²) in [5, 5.41) is 22.9. The number of carbonyl (C=O) groups is 2. The van der Waals surface area contributed by atoms with Crippen LogP contribution >= 0.6 is 57.9 Å². The Kier molecular flexibility index (Phi) is 8.30. The lowest BCUT2D eigenvalue weighted by Gasteiger charge is -2.23. The number of hydrogen-bond acceptors (Lipinski definition) is 8. The molecule has 2 aliphatic heterocycles. The van der Waals surface area contributed by atoms with Crippen molar-refractivity contribution >= 4 is 85.5 Å². The monoisotopic (exact) mass is 694 g/mol. The van der Waals surface area contributed by atoms with Gasteiger partial charge in [-0.15, -0.1) is 0 Å². The Bertz CT molecular complexity index is 1480. The third-order valence-electron chi connectivity index (χ3n) is 5.22. The number of benzene rings is 2. The van der Waals surface area contributed by atoms with Crippen molar-refractivity contribution in [3.05, 3.63) is 96.3 Å². The van der Waals surface area contributed by atoms with Gasteiger partial charge < -0.3 is 20.3 Å². The van der Waals surface area contributed by atoms with Crippen molar-refractivity contribution in [2.75, 3.05) is 4.72 Å². The normalized spacial score (nSPS) is 16.2. The topological polar surface area (TPSA) is 148 Å². The predicted molar refractivity (Wildman–Crippen MR) is 150 cm³/mol. The fourth-order valence-corrected chi connectivity index (χ4v) is 6.22. The second-order valence-electron chi connectivity index (χ2n) is 7.64. The van der Waals surface area contributed by atoms with Crippen LogP contribution < -0.4 is 14.8 Å². The quantitative estimate of drug-likeness (QED) is 0.205. The number of amides is 1. The number of carboxylic acids is 1. The van der Waals surface area contributed by atoms with E-state index in [2.05, 4.69) is 14.8 Å². The van der Waals surface area contributed by atoms with Crippen LogP contribution in [0.15, 0.2) is 71.6 Å². The molecule has 0 spiro atoms. The third kappa shape index (κ3) is 6.02. The number of sulfonamides is 1. The van der Waals surface area contributed by atoms with Crippen LogP contribution in [0.25, 0.3) is 0 Å². The molecule has 0 saturated heterocycles. The molecule has 2 aromatic carbocycles. The first kappa shape index (κ1) is 27.6. The Balaban J connectivity index is 1.62. The van der Waals surface area contributed by atoms with Gasteiger partial charge in [0.1, 0.15) is 11.0 Å². The predicted octanol–water partition coefficient (Wildman–Crippen LogP) is 3.98. The van der Waals surface area contributed by atoms with Gasteiger partial charge in [-0.05, 0) is 70.6 Å². The van der Waals surface area contributed by atoms with E-state index >= 15 is 0 Å². The number of allylic oxidation sites excluding steroid dienone is 2. The van der Waals surface area contributed by atoms with Gasteiger partial charge in [0, 0.05) is 16.0 Å². The van der Waals surface area contributed by atoms with Crippen molar-refractivity contribution in [2.45, 2.75) is 12.1 Å². The SMILES string of the molecule is O=C(NC(C(=O)O)C(O)c1ccc(Cl)c(Cl)c1)c1ccc(I)cc1NS(=O)(=O)C1=CC=CN2SNC=C12. The number of aliphatic hydroxyl groups excluding tert-OH is 1. The van der Waals surface area contributed by atoms with Crippen LogP contribution in [0.4, 0.5) is 5.69 Å². The highest BCUT2D eigenvalue weighted by molar-refractivity contribution is 14.1. The number of aliphatic hydroxyl groups is 1. The zero-order chi connectivity index (χ0) is 26.9. The molecule has 0 aromatic heterocycles. The van der Waals surface area contributed by atoms with E-state index in [4.69, 9.17) is 23.2 Å². The maximum absolute atomic E-state index is 13.3. The second-order valence-corrected chi connectivity index (χ2v) is 12.2. The molecular weight excluding hydrogens is 678 g/mol. The molecule has 2 unspecified atom stereocenters. The molecular formula is C22H17Cl2IN4O6S2. The summed E-state index contributed by atoms with van der Waals surface area (Å²) < 4.78 is 34.1. The zero-order valence-electron chi connectivity index (χ0n) is 18.4. The van der Waals surface area contributed by atoms with Crippen LogP contribution in [0.5, 0.6) is 0 Å². The number of nitrogens with one attached hydrogen (secondary N) is 3. The van der Waals surface area contributed by atoms with E-state index in [1.165, 1.54) is 54.7 Å². The smallest absolute Gasteiger partial charge is 0.329 e. The first-order chi connectivity index (χ1) is 17.5. The minimum atomic E-state index is -4.16. The van der Waals surface area contributed by atoms with E-state index in [9.17, 15) is 28.2 Å². The molecule has 10 nitrogen and oxygen atoms in total. The Morgan fingerprint density at radius 1 is 1.14 bits per heavy atom. The van der Waals surface area contributed by atoms with E-state index < -0.39 is 34.0 Å². The number of fused-ring (bicyclic) bond motifs is 1. The molecule has 2 heterocycles. The van der Waals surface area contributed by atoms with E-state index in [0.29, 0.717) is 9.27 Å². The molecule has 5 N–H and O–H groups in total. The molecule has 1 amide bonds. The van der Waals surface area contributed by atoms with Gasteiger partial charge in [-0.3, -0.25) is 13.8 Å². The van der Waals surface area contributed by atoms with Crippen molar-refractivity contribution < 1.29 is 28.2 Å². The number of nitrogens with zero attached hydrogens (tertiary/aromatic N) is 1. The fourth-order valence-electron chi connectivity index (χ4n) is 3.45. The van der Waals surface area contributed by atoms with Crippen molar-refractivity contribution in [3.63, 3.8) is 0 Å². The van der Waals surface area contributed by atoms with E-state index in [0.717, 1.165) is 0 Å². The highest BCUT2D eigenvalue weighted by Gasteiger charge is 2.33. The van der Waals surface area contributed by atoms with Crippen LogP contribution in [0.2, 0.25) is 10.0 Å². The molecule has 0 saturated carbocycles. The van der Waals surface area contributed by atoms with Gasteiger partial charge in [0.25, 0.3) is 15.9 Å².